The van der Waals surface area contributed by atoms with Gasteiger partial charge in [-0.25, -0.2) is 0 Å². The van der Waals surface area contributed by atoms with Crippen molar-refractivity contribution in [2.45, 2.75) is 27.2 Å². The zero-order chi connectivity index (χ0) is 7.28. The van der Waals surface area contributed by atoms with Crippen LogP contribution in [0.25, 0.3) is 0 Å². The average Bonchev–Trinajstić information content (AvgIpc) is 1.82. The van der Waals surface area contributed by atoms with E-state index in [1.54, 1.807) is 0 Å². The number of allylic oxidation sites excluding steroid dienone is 3. The van der Waals surface area contributed by atoms with Crippen LogP contribution in [0.1, 0.15) is 27.2 Å². The first-order valence-corrected chi connectivity index (χ1v) is 3.53. The van der Waals surface area contributed by atoms with Crippen molar-refractivity contribution in [1.29, 1.82) is 0 Å². The van der Waals surface area contributed by atoms with E-state index in [0.29, 0.717) is 5.92 Å². The fourth-order valence-electron chi connectivity index (χ4n) is 0.462. The Hall–Kier alpha value is -0.520. The molecular formula is C9H16. The summed E-state index contributed by atoms with van der Waals surface area (Å²) in [6.45, 7) is 10.3. The van der Waals surface area contributed by atoms with Gasteiger partial charge >= 0.3 is 0 Å². The first kappa shape index (κ1) is 8.48. The molecule has 0 N–H and O–H groups in total. The third-order valence-electron chi connectivity index (χ3n) is 1.31. The van der Waals surface area contributed by atoms with E-state index in [9.17, 15) is 0 Å². The highest BCUT2D eigenvalue weighted by Gasteiger charge is 1.92. The van der Waals surface area contributed by atoms with E-state index in [1.807, 2.05) is 0 Å². The lowest BCUT2D eigenvalue weighted by atomic mass is 10.1. The molecule has 0 unspecified atom stereocenters. The number of hydrogen-bond acceptors (Lipinski definition) is 0. The first-order chi connectivity index (χ1) is 4.18. The number of rotatable bonds is 3. The van der Waals surface area contributed by atoms with Gasteiger partial charge in [0.2, 0.25) is 0 Å². The molecule has 0 nitrogen and oxygen atoms in total. The topological polar surface area (TPSA) is 0 Å². The normalized spacial score (nSPS) is 11.1. The maximum absolute atomic E-state index is 3.90. The van der Waals surface area contributed by atoms with Gasteiger partial charge in [0.15, 0.2) is 0 Å². The molecule has 0 aliphatic rings. The van der Waals surface area contributed by atoms with Gasteiger partial charge in [0.25, 0.3) is 0 Å². The first-order valence-electron chi connectivity index (χ1n) is 3.53. The van der Waals surface area contributed by atoms with E-state index in [4.69, 9.17) is 0 Å². The van der Waals surface area contributed by atoms with Gasteiger partial charge in [-0.1, -0.05) is 45.1 Å². The Morgan fingerprint density at radius 1 is 1.56 bits per heavy atom. The van der Waals surface area contributed by atoms with Crippen LogP contribution < -0.4 is 0 Å². The summed E-state index contributed by atoms with van der Waals surface area (Å²) in [5.41, 5.74) is 1.22. The minimum atomic E-state index is 0.591. The van der Waals surface area contributed by atoms with Crippen LogP contribution in [0.2, 0.25) is 0 Å². The Morgan fingerprint density at radius 3 is 2.44 bits per heavy atom. The fourth-order valence-corrected chi connectivity index (χ4v) is 0.462. The van der Waals surface area contributed by atoms with E-state index in [1.165, 1.54) is 5.57 Å². The Kier molecular flexibility index (Phi) is 4.12. The van der Waals surface area contributed by atoms with E-state index >= 15 is 0 Å². The van der Waals surface area contributed by atoms with E-state index < -0.39 is 0 Å². The summed E-state index contributed by atoms with van der Waals surface area (Å²) in [5, 5.41) is 0. The molecule has 0 aromatic carbocycles. The van der Waals surface area contributed by atoms with Crippen LogP contribution in [0.15, 0.2) is 24.3 Å². The van der Waals surface area contributed by atoms with Gasteiger partial charge in [-0.2, -0.15) is 0 Å². The van der Waals surface area contributed by atoms with Crippen LogP contribution in [0, 0.1) is 5.92 Å². The van der Waals surface area contributed by atoms with Crippen LogP contribution in [0.3, 0.4) is 0 Å². The summed E-state index contributed by atoms with van der Waals surface area (Å²) in [6, 6.07) is 0. The van der Waals surface area contributed by atoms with E-state index in [0.717, 1.165) is 6.42 Å². The fraction of sp³-hybridized carbons (Fsp3) is 0.556. The van der Waals surface area contributed by atoms with E-state index in [2.05, 4.69) is 39.5 Å². The summed E-state index contributed by atoms with van der Waals surface area (Å²) in [7, 11) is 0. The van der Waals surface area contributed by atoms with Gasteiger partial charge in [0.1, 0.15) is 0 Å². The molecule has 0 aliphatic heterocycles. The van der Waals surface area contributed by atoms with Gasteiger partial charge < -0.3 is 0 Å². The quantitative estimate of drug-likeness (QED) is 0.507. The highest BCUT2D eigenvalue weighted by Crippen LogP contribution is 2.07. The third-order valence-corrected chi connectivity index (χ3v) is 1.31. The van der Waals surface area contributed by atoms with Gasteiger partial charge in [0, 0.05) is 0 Å². The Balaban J connectivity index is 3.63. The molecule has 0 saturated carbocycles. The molecule has 0 heteroatoms. The van der Waals surface area contributed by atoms with Crippen molar-refractivity contribution in [2.24, 2.45) is 5.92 Å². The van der Waals surface area contributed by atoms with Crippen molar-refractivity contribution in [3.8, 4) is 0 Å². The van der Waals surface area contributed by atoms with Crippen molar-refractivity contribution in [2.75, 3.05) is 0 Å². The molecule has 0 aromatic rings. The second kappa shape index (κ2) is 4.37. The molecule has 0 heterocycles. The lowest BCUT2D eigenvalue weighted by molar-refractivity contribution is 0.794. The van der Waals surface area contributed by atoms with Crippen molar-refractivity contribution in [3.05, 3.63) is 24.3 Å². The Morgan fingerprint density at radius 2 is 2.11 bits per heavy atom. The maximum atomic E-state index is 3.90. The Labute approximate surface area is 58.3 Å². The standard InChI is InChI=1S/C9H16/c1-5-6-7-9(4)8(2)3/h6-8H,4-5H2,1-3H3/b7-6-. The highest BCUT2D eigenvalue weighted by molar-refractivity contribution is 5.15. The monoisotopic (exact) mass is 124 g/mol. The molecule has 0 fully saturated rings. The summed E-state index contributed by atoms with van der Waals surface area (Å²) in [6.07, 6.45) is 5.35. The summed E-state index contributed by atoms with van der Waals surface area (Å²) >= 11 is 0. The van der Waals surface area contributed by atoms with Gasteiger partial charge in [-0.05, 0) is 12.3 Å². The molecule has 0 atom stereocenters. The van der Waals surface area contributed by atoms with Crippen molar-refractivity contribution >= 4 is 0 Å². The molecule has 0 saturated heterocycles. The van der Waals surface area contributed by atoms with Crippen LogP contribution >= 0.6 is 0 Å². The molecule has 0 spiro atoms. The zero-order valence-electron chi connectivity index (χ0n) is 6.65. The summed E-state index contributed by atoms with van der Waals surface area (Å²) in [4.78, 5) is 0. The maximum Gasteiger partial charge on any atom is -0.0225 e. The van der Waals surface area contributed by atoms with Gasteiger partial charge in [0.05, 0.1) is 0 Å². The zero-order valence-corrected chi connectivity index (χ0v) is 6.65. The molecule has 0 radical (unpaired) electrons. The molecular weight excluding hydrogens is 108 g/mol. The van der Waals surface area contributed by atoms with Crippen LogP contribution in [0.5, 0.6) is 0 Å². The lowest BCUT2D eigenvalue weighted by Gasteiger charge is -2.01. The largest absolute Gasteiger partial charge is 0.0956 e. The minimum Gasteiger partial charge on any atom is -0.0956 e. The SMILES string of the molecule is C=C(/C=C\CC)C(C)C. The second-order valence-corrected chi connectivity index (χ2v) is 2.54. The summed E-state index contributed by atoms with van der Waals surface area (Å²) in [5.74, 6) is 0.591. The molecule has 0 bridgehead atoms. The predicted molar refractivity (Wildman–Crippen MR) is 43.4 cm³/mol. The van der Waals surface area contributed by atoms with Crippen molar-refractivity contribution in [3.63, 3.8) is 0 Å². The highest BCUT2D eigenvalue weighted by atomic mass is 14.0. The molecule has 0 rings (SSSR count). The minimum absolute atomic E-state index is 0.591. The van der Waals surface area contributed by atoms with Crippen molar-refractivity contribution in [1.82, 2.24) is 0 Å². The molecule has 0 aliphatic carbocycles. The number of hydrogen-bond donors (Lipinski definition) is 0. The van der Waals surface area contributed by atoms with Crippen LogP contribution in [-0.4, -0.2) is 0 Å². The average molecular weight is 124 g/mol. The third kappa shape index (κ3) is 4.01. The van der Waals surface area contributed by atoms with E-state index in [-0.39, 0.29) is 0 Å². The van der Waals surface area contributed by atoms with Crippen molar-refractivity contribution < 1.29 is 0 Å². The van der Waals surface area contributed by atoms with Crippen LogP contribution in [-0.2, 0) is 0 Å². The summed E-state index contributed by atoms with van der Waals surface area (Å²) < 4.78 is 0. The Bertz CT molecular complexity index is 107. The molecule has 52 valence electrons. The second-order valence-electron chi connectivity index (χ2n) is 2.54. The van der Waals surface area contributed by atoms with Crippen LogP contribution in [0.4, 0.5) is 0 Å². The smallest absolute Gasteiger partial charge is 0.0225 e. The lowest BCUT2D eigenvalue weighted by Crippen LogP contribution is -1.86. The van der Waals surface area contributed by atoms with Gasteiger partial charge in [-0.3, -0.25) is 0 Å². The molecule has 0 amide bonds. The predicted octanol–water partition coefficient (Wildman–Crippen LogP) is 3.16. The molecule has 9 heavy (non-hydrogen) atoms. The molecule has 0 aromatic heterocycles. The van der Waals surface area contributed by atoms with Gasteiger partial charge in [-0.15, -0.1) is 0 Å².